The van der Waals surface area contributed by atoms with Crippen molar-refractivity contribution >= 4 is 0 Å². The summed E-state index contributed by atoms with van der Waals surface area (Å²) in [5.74, 6) is -0.723. The molecule has 132 valence electrons. The summed E-state index contributed by atoms with van der Waals surface area (Å²) in [4.78, 5) is 0. The van der Waals surface area contributed by atoms with E-state index in [1.54, 1.807) is 14.2 Å². The van der Waals surface area contributed by atoms with Gasteiger partial charge < -0.3 is 9.47 Å². The van der Waals surface area contributed by atoms with Crippen LogP contribution in [0.3, 0.4) is 0 Å². The summed E-state index contributed by atoms with van der Waals surface area (Å²) in [5, 5.41) is 0. The second-order valence-corrected chi connectivity index (χ2v) is 6.23. The van der Waals surface area contributed by atoms with Crippen molar-refractivity contribution in [2.45, 2.75) is 76.9 Å². The van der Waals surface area contributed by atoms with Gasteiger partial charge in [-0.15, -0.1) is 0 Å². The molecule has 1 unspecified atom stereocenters. The zero-order chi connectivity index (χ0) is 17.1. The lowest BCUT2D eigenvalue weighted by Gasteiger charge is -2.38. The van der Waals surface area contributed by atoms with Crippen molar-refractivity contribution in [1.82, 2.24) is 0 Å². The van der Waals surface area contributed by atoms with Gasteiger partial charge in [0.1, 0.15) is 5.82 Å². The van der Waals surface area contributed by atoms with Gasteiger partial charge in [0.15, 0.2) is 5.79 Å². The average molecular weight is 324 g/mol. The second-order valence-electron chi connectivity index (χ2n) is 6.23. The maximum Gasteiger partial charge on any atom is 0.174 e. The predicted octanol–water partition coefficient (Wildman–Crippen LogP) is 6.06. The van der Waals surface area contributed by atoms with E-state index in [9.17, 15) is 4.39 Å². The zero-order valence-electron chi connectivity index (χ0n) is 15.2. The first-order valence-corrected chi connectivity index (χ1v) is 8.99. The Morgan fingerprint density at radius 2 is 1.48 bits per heavy atom. The predicted molar refractivity (Wildman–Crippen MR) is 94.2 cm³/mol. The van der Waals surface area contributed by atoms with Crippen LogP contribution in [0.5, 0.6) is 0 Å². The number of benzene rings is 1. The summed E-state index contributed by atoms with van der Waals surface area (Å²) in [7, 11) is 3.40. The lowest BCUT2D eigenvalue weighted by molar-refractivity contribution is -0.225. The van der Waals surface area contributed by atoms with Gasteiger partial charge in [-0.25, -0.2) is 4.39 Å². The molecule has 3 heteroatoms. The first kappa shape index (κ1) is 20.1. The molecule has 0 aliphatic rings. The molecule has 0 fully saturated rings. The van der Waals surface area contributed by atoms with Crippen LogP contribution in [0.4, 0.5) is 4.39 Å². The van der Waals surface area contributed by atoms with Crippen molar-refractivity contribution in [3.63, 3.8) is 0 Å². The fourth-order valence-corrected chi connectivity index (χ4v) is 3.37. The monoisotopic (exact) mass is 324 g/mol. The first-order valence-electron chi connectivity index (χ1n) is 8.99. The van der Waals surface area contributed by atoms with E-state index in [2.05, 4.69) is 13.8 Å². The summed E-state index contributed by atoms with van der Waals surface area (Å²) in [6.45, 7) is 4.31. The van der Waals surface area contributed by atoms with E-state index in [0.717, 1.165) is 24.8 Å². The molecule has 0 aliphatic carbocycles. The number of hydrogen-bond acceptors (Lipinski definition) is 2. The molecule has 0 saturated heterocycles. The number of methoxy groups -OCH3 is 2. The third-order valence-electron chi connectivity index (χ3n) is 4.83. The number of rotatable bonds is 12. The Morgan fingerprint density at radius 3 is 2.00 bits per heavy atom. The Hall–Kier alpha value is -0.930. The second kappa shape index (κ2) is 10.8. The van der Waals surface area contributed by atoms with Crippen LogP contribution < -0.4 is 0 Å². The van der Waals surface area contributed by atoms with Gasteiger partial charge in [-0.2, -0.15) is 0 Å². The van der Waals surface area contributed by atoms with Crippen LogP contribution in [0.1, 0.15) is 76.7 Å². The van der Waals surface area contributed by atoms with Crippen LogP contribution >= 0.6 is 0 Å². The van der Waals surface area contributed by atoms with Crippen molar-refractivity contribution in [2.24, 2.45) is 0 Å². The van der Waals surface area contributed by atoms with Gasteiger partial charge in [-0.3, -0.25) is 0 Å². The normalized spacial score (nSPS) is 13.3. The number of ether oxygens (including phenoxy) is 2. The first-order chi connectivity index (χ1) is 11.1. The zero-order valence-corrected chi connectivity index (χ0v) is 15.2. The molecule has 0 N–H and O–H groups in total. The van der Waals surface area contributed by atoms with Crippen molar-refractivity contribution in [3.05, 3.63) is 35.6 Å². The number of unbranched alkanes of at least 4 members (excludes halogenated alkanes) is 5. The Bertz CT molecular complexity index is 404. The van der Waals surface area contributed by atoms with Crippen molar-refractivity contribution in [1.29, 1.82) is 0 Å². The number of halogens is 1. The van der Waals surface area contributed by atoms with Crippen LogP contribution in [-0.2, 0) is 9.47 Å². The Labute approximate surface area is 141 Å². The molecule has 23 heavy (non-hydrogen) atoms. The highest BCUT2D eigenvalue weighted by molar-refractivity contribution is 5.23. The molecular formula is C20H33FO2. The van der Waals surface area contributed by atoms with Crippen LogP contribution in [0.25, 0.3) is 0 Å². The summed E-state index contributed by atoms with van der Waals surface area (Å²) in [5.41, 5.74) is 1.09. The molecule has 1 aromatic rings. The van der Waals surface area contributed by atoms with E-state index in [1.807, 2.05) is 12.1 Å². The Balaban J connectivity index is 2.78. The minimum atomic E-state index is -0.638. The van der Waals surface area contributed by atoms with Crippen molar-refractivity contribution in [2.75, 3.05) is 14.2 Å². The van der Waals surface area contributed by atoms with Gasteiger partial charge in [0.05, 0.1) is 0 Å². The van der Waals surface area contributed by atoms with Gasteiger partial charge in [0.2, 0.25) is 0 Å². The van der Waals surface area contributed by atoms with Crippen molar-refractivity contribution in [3.8, 4) is 0 Å². The van der Waals surface area contributed by atoms with Crippen LogP contribution in [0.15, 0.2) is 24.3 Å². The molecule has 1 atom stereocenters. The van der Waals surface area contributed by atoms with E-state index < -0.39 is 5.79 Å². The highest BCUT2D eigenvalue weighted by atomic mass is 19.1. The van der Waals surface area contributed by atoms with E-state index in [1.165, 1.54) is 44.2 Å². The van der Waals surface area contributed by atoms with E-state index in [0.29, 0.717) is 0 Å². The van der Waals surface area contributed by atoms with Gasteiger partial charge >= 0.3 is 0 Å². The molecule has 0 heterocycles. The molecule has 0 amide bonds. The smallest absolute Gasteiger partial charge is 0.174 e. The SMILES string of the molecule is CCCCCCCCC(c1ccc(F)cc1)C(CC)(OC)OC. The molecule has 0 bridgehead atoms. The maximum absolute atomic E-state index is 13.3. The van der Waals surface area contributed by atoms with Gasteiger partial charge in [-0.1, -0.05) is 64.5 Å². The Kier molecular flexibility index (Phi) is 9.42. The third-order valence-corrected chi connectivity index (χ3v) is 4.83. The largest absolute Gasteiger partial charge is 0.353 e. The topological polar surface area (TPSA) is 18.5 Å². The van der Waals surface area contributed by atoms with E-state index in [-0.39, 0.29) is 11.7 Å². The summed E-state index contributed by atoms with van der Waals surface area (Å²) < 4.78 is 24.8. The molecule has 1 aromatic carbocycles. The summed E-state index contributed by atoms with van der Waals surface area (Å²) >= 11 is 0. The van der Waals surface area contributed by atoms with Crippen molar-refractivity contribution < 1.29 is 13.9 Å². The molecule has 0 aromatic heterocycles. The fraction of sp³-hybridized carbons (Fsp3) is 0.700. The van der Waals surface area contributed by atoms with E-state index >= 15 is 0 Å². The lowest BCUT2D eigenvalue weighted by Crippen LogP contribution is -2.40. The molecule has 1 rings (SSSR count). The molecule has 0 radical (unpaired) electrons. The standard InChI is InChI=1S/C20H33FO2/c1-5-7-8-9-10-11-12-19(20(6-2,22-3)23-4)17-13-15-18(21)16-14-17/h13-16,19H,5-12H2,1-4H3. The van der Waals surface area contributed by atoms with Gasteiger partial charge in [0.25, 0.3) is 0 Å². The summed E-state index contributed by atoms with van der Waals surface area (Å²) in [6.07, 6.45) is 9.30. The summed E-state index contributed by atoms with van der Waals surface area (Å²) in [6, 6.07) is 6.77. The minimum absolute atomic E-state index is 0.120. The average Bonchev–Trinajstić information content (AvgIpc) is 2.59. The maximum atomic E-state index is 13.3. The van der Waals surface area contributed by atoms with Crippen LogP contribution in [0.2, 0.25) is 0 Å². The van der Waals surface area contributed by atoms with Gasteiger partial charge in [0, 0.05) is 20.1 Å². The fourth-order valence-electron chi connectivity index (χ4n) is 3.37. The molecule has 0 saturated carbocycles. The third kappa shape index (κ3) is 5.89. The highest BCUT2D eigenvalue weighted by Crippen LogP contribution is 2.38. The highest BCUT2D eigenvalue weighted by Gasteiger charge is 2.38. The molecule has 0 aliphatic heterocycles. The quantitative estimate of drug-likeness (QED) is 0.344. The van der Waals surface area contributed by atoms with E-state index in [4.69, 9.17) is 9.47 Å². The van der Waals surface area contributed by atoms with Gasteiger partial charge in [-0.05, 0) is 30.5 Å². The number of hydrogen-bond donors (Lipinski definition) is 0. The lowest BCUT2D eigenvalue weighted by atomic mass is 9.84. The molecular weight excluding hydrogens is 291 g/mol. The Morgan fingerprint density at radius 1 is 0.913 bits per heavy atom. The van der Waals surface area contributed by atoms with Crippen LogP contribution in [0, 0.1) is 5.82 Å². The molecule has 0 spiro atoms. The minimum Gasteiger partial charge on any atom is -0.353 e. The van der Waals surface area contributed by atoms with Crippen LogP contribution in [-0.4, -0.2) is 20.0 Å². The molecule has 2 nitrogen and oxygen atoms in total.